The molecule has 0 radical (unpaired) electrons. The number of nitrogens with zero attached hydrogens (tertiary/aromatic N) is 4. The summed E-state index contributed by atoms with van der Waals surface area (Å²) < 4.78 is 1.96. The molecule has 1 amide bonds. The van der Waals surface area contributed by atoms with E-state index in [2.05, 4.69) is 17.1 Å². The standard InChI is InChI=1S/C20H21N5O/c1-24-19(14-5-3-2-4-6-14)16-9-11-25(12-10-17(16)23-24)20(26)15-7-8-18(21)22-13-15/h2-8,13H,9-12H2,1H3,(H2,21,22). The molecular formula is C20H21N5O. The molecule has 3 heterocycles. The summed E-state index contributed by atoms with van der Waals surface area (Å²) in [6, 6.07) is 13.7. The van der Waals surface area contributed by atoms with Crippen LogP contribution in [0.2, 0.25) is 0 Å². The number of fused-ring (bicyclic) bond motifs is 1. The third kappa shape index (κ3) is 2.94. The molecule has 2 N–H and O–H groups in total. The zero-order chi connectivity index (χ0) is 18.1. The molecule has 3 aromatic rings. The van der Waals surface area contributed by atoms with Crippen LogP contribution < -0.4 is 5.73 Å². The summed E-state index contributed by atoms with van der Waals surface area (Å²) in [6.07, 6.45) is 3.09. The number of aromatic nitrogens is 3. The number of amides is 1. The van der Waals surface area contributed by atoms with E-state index in [9.17, 15) is 4.79 Å². The molecule has 6 nitrogen and oxygen atoms in total. The van der Waals surface area contributed by atoms with Gasteiger partial charge in [0.05, 0.1) is 17.0 Å². The van der Waals surface area contributed by atoms with Crippen molar-refractivity contribution in [3.63, 3.8) is 0 Å². The van der Waals surface area contributed by atoms with Gasteiger partial charge in [0, 0.05) is 43.9 Å². The molecule has 6 heteroatoms. The number of carbonyl (C=O) groups is 1. The van der Waals surface area contributed by atoms with Gasteiger partial charge in [-0.2, -0.15) is 5.10 Å². The van der Waals surface area contributed by atoms with Gasteiger partial charge in [-0.3, -0.25) is 9.48 Å². The molecule has 0 atom stereocenters. The third-order valence-electron chi connectivity index (χ3n) is 4.85. The molecule has 1 aromatic carbocycles. The molecule has 4 rings (SSSR count). The van der Waals surface area contributed by atoms with Gasteiger partial charge in [0.1, 0.15) is 5.82 Å². The average molecular weight is 347 g/mol. The van der Waals surface area contributed by atoms with Gasteiger partial charge in [-0.25, -0.2) is 4.98 Å². The number of carbonyl (C=O) groups excluding carboxylic acids is 1. The van der Waals surface area contributed by atoms with Gasteiger partial charge in [-0.05, 0) is 18.6 Å². The van der Waals surface area contributed by atoms with Crippen molar-refractivity contribution in [1.29, 1.82) is 0 Å². The van der Waals surface area contributed by atoms with Crippen molar-refractivity contribution in [3.8, 4) is 11.3 Å². The van der Waals surface area contributed by atoms with Crippen molar-refractivity contribution in [2.45, 2.75) is 12.8 Å². The fourth-order valence-corrected chi connectivity index (χ4v) is 3.56. The van der Waals surface area contributed by atoms with Gasteiger partial charge >= 0.3 is 0 Å². The van der Waals surface area contributed by atoms with Crippen LogP contribution in [0.3, 0.4) is 0 Å². The third-order valence-corrected chi connectivity index (χ3v) is 4.85. The number of pyridine rings is 1. The molecule has 0 spiro atoms. The summed E-state index contributed by atoms with van der Waals surface area (Å²) in [5, 5.41) is 4.72. The first kappa shape index (κ1) is 16.3. The maximum absolute atomic E-state index is 12.8. The van der Waals surface area contributed by atoms with E-state index in [0.29, 0.717) is 24.5 Å². The van der Waals surface area contributed by atoms with Crippen LogP contribution in [0.4, 0.5) is 5.82 Å². The number of nitrogens with two attached hydrogens (primary N) is 1. The lowest BCUT2D eigenvalue weighted by Gasteiger charge is -2.20. The number of nitrogen functional groups attached to an aromatic ring is 1. The van der Waals surface area contributed by atoms with Crippen LogP contribution in [-0.4, -0.2) is 38.7 Å². The molecule has 0 aliphatic carbocycles. The Morgan fingerprint density at radius 1 is 1.08 bits per heavy atom. The highest BCUT2D eigenvalue weighted by molar-refractivity contribution is 5.94. The minimum absolute atomic E-state index is 0.00621. The highest BCUT2D eigenvalue weighted by Crippen LogP contribution is 2.28. The summed E-state index contributed by atoms with van der Waals surface area (Å²) in [7, 11) is 1.99. The molecule has 0 fully saturated rings. The number of rotatable bonds is 2. The Morgan fingerprint density at radius 2 is 1.85 bits per heavy atom. The minimum atomic E-state index is -0.00621. The largest absolute Gasteiger partial charge is 0.384 e. The zero-order valence-corrected chi connectivity index (χ0v) is 14.7. The fraction of sp³-hybridized carbons (Fsp3) is 0.250. The molecule has 2 aromatic heterocycles. The molecule has 1 aliphatic heterocycles. The number of anilines is 1. The van der Waals surface area contributed by atoms with Crippen molar-refractivity contribution in [2.75, 3.05) is 18.8 Å². The van der Waals surface area contributed by atoms with Crippen LogP contribution in [0, 0.1) is 0 Å². The van der Waals surface area contributed by atoms with Crippen LogP contribution in [0.15, 0.2) is 48.7 Å². The molecule has 0 saturated heterocycles. The van der Waals surface area contributed by atoms with E-state index in [1.807, 2.05) is 34.8 Å². The van der Waals surface area contributed by atoms with Crippen LogP contribution >= 0.6 is 0 Å². The van der Waals surface area contributed by atoms with E-state index in [4.69, 9.17) is 10.8 Å². The SMILES string of the molecule is Cn1nc2c(c1-c1ccccc1)CCN(C(=O)c1ccc(N)nc1)CC2. The van der Waals surface area contributed by atoms with Crippen LogP contribution in [-0.2, 0) is 19.9 Å². The van der Waals surface area contributed by atoms with Gasteiger partial charge in [-0.15, -0.1) is 0 Å². The Kier molecular flexibility index (Phi) is 4.16. The first-order valence-electron chi connectivity index (χ1n) is 8.74. The number of hydrogen-bond donors (Lipinski definition) is 1. The van der Waals surface area contributed by atoms with Crippen molar-refractivity contribution >= 4 is 11.7 Å². The Bertz CT molecular complexity index is 931. The van der Waals surface area contributed by atoms with Crippen LogP contribution in [0.5, 0.6) is 0 Å². The predicted molar refractivity (Wildman–Crippen MR) is 101 cm³/mol. The first-order valence-corrected chi connectivity index (χ1v) is 8.74. The van der Waals surface area contributed by atoms with E-state index in [1.165, 1.54) is 5.56 Å². The number of hydrogen-bond acceptors (Lipinski definition) is 4. The minimum Gasteiger partial charge on any atom is -0.384 e. The lowest BCUT2D eigenvalue weighted by molar-refractivity contribution is 0.0762. The van der Waals surface area contributed by atoms with E-state index in [1.54, 1.807) is 18.3 Å². The van der Waals surface area contributed by atoms with Crippen LogP contribution in [0.25, 0.3) is 11.3 Å². The molecule has 1 aliphatic rings. The maximum Gasteiger partial charge on any atom is 0.255 e. The van der Waals surface area contributed by atoms with Crippen molar-refractivity contribution in [2.24, 2.45) is 7.05 Å². The molecular weight excluding hydrogens is 326 g/mol. The van der Waals surface area contributed by atoms with E-state index in [-0.39, 0.29) is 5.91 Å². The average Bonchev–Trinajstić information content (AvgIpc) is 2.84. The van der Waals surface area contributed by atoms with Crippen molar-refractivity contribution in [3.05, 3.63) is 65.5 Å². The Labute approximate surface area is 152 Å². The monoisotopic (exact) mass is 347 g/mol. The van der Waals surface area contributed by atoms with Gasteiger partial charge in [-0.1, -0.05) is 30.3 Å². The molecule has 26 heavy (non-hydrogen) atoms. The van der Waals surface area contributed by atoms with E-state index >= 15 is 0 Å². The summed E-state index contributed by atoms with van der Waals surface area (Å²) in [5.74, 6) is 0.412. The number of benzene rings is 1. The van der Waals surface area contributed by atoms with Crippen LogP contribution in [0.1, 0.15) is 21.6 Å². The summed E-state index contributed by atoms with van der Waals surface area (Å²) in [4.78, 5) is 18.7. The van der Waals surface area contributed by atoms with Crippen molar-refractivity contribution in [1.82, 2.24) is 19.7 Å². The highest BCUT2D eigenvalue weighted by atomic mass is 16.2. The number of aryl methyl sites for hydroxylation is 1. The normalized spacial score (nSPS) is 14.0. The fourth-order valence-electron chi connectivity index (χ4n) is 3.56. The Balaban J connectivity index is 1.59. The molecule has 0 saturated carbocycles. The van der Waals surface area contributed by atoms with Gasteiger partial charge in [0.15, 0.2) is 0 Å². The zero-order valence-electron chi connectivity index (χ0n) is 14.7. The van der Waals surface area contributed by atoms with Gasteiger partial charge in [0.25, 0.3) is 5.91 Å². The predicted octanol–water partition coefficient (Wildman–Crippen LogP) is 2.31. The summed E-state index contributed by atoms with van der Waals surface area (Å²) in [6.45, 7) is 1.32. The molecule has 0 unspecified atom stereocenters. The quantitative estimate of drug-likeness (QED) is 0.772. The second-order valence-electron chi connectivity index (χ2n) is 6.53. The maximum atomic E-state index is 12.8. The Hall–Kier alpha value is -3.15. The smallest absolute Gasteiger partial charge is 0.255 e. The molecule has 132 valence electrons. The topological polar surface area (TPSA) is 77.0 Å². The van der Waals surface area contributed by atoms with Crippen molar-refractivity contribution < 1.29 is 4.79 Å². The second kappa shape index (κ2) is 6.63. The molecule has 0 bridgehead atoms. The van der Waals surface area contributed by atoms with E-state index in [0.717, 1.165) is 29.8 Å². The lowest BCUT2D eigenvalue weighted by Crippen LogP contribution is -2.33. The second-order valence-corrected chi connectivity index (χ2v) is 6.53. The van der Waals surface area contributed by atoms with E-state index < -0.39 is 0 Å². The van der Waals surface area contributed by atoms with Gasteiger partial charge in [0.2, 0.25) is 0 Å². The summed E-state index contributed by atoms with van der Waals surface area (Å²) >= 11 is 0. The highest BCUT2D eigenvalue weighted by Gasteiger charge is 2.25. The summed E-state index contributed by atoms with van der Waals surface area (Å²) in [5.41, 5.74) is 10.8. The Morgan fingerprint density at radius 3 is 2.58 bits per heavy atom. The van der Waals surface area contributed by atoms with Gasteiger partial charge < -0.3 is 10.6 Å². The lowest BCUT2D eigenvalue weighted by atomic mass is 10.0. The first-order chi connectivity index (χ1) is 12.6.